The third-order valence-electron chi connectivity index (χ3n) is 5.14. The SMILES string of the molecule is CC1CCN(Cc2ccccc2CN=C(N)N2CCOCC2)CC1. The van der Waals surface area contributed by atoms with Crippen LogP contribution in [0.3, 0.4) is 0 Å². The summed E-state index contributed by atoms with van der Waals surface area (Å²) in [6.07, 6.45) is 2.62. The number of piperidine rings is 1. The summed E-state index contributed by atoms with van der Waals surface area (Å²) >= 11 is 0. The Kier molecular flexibility index (Phi) is 6.10. The van der Waals surface area contributed by atoms with Crippen LogP contribution in [0.15, 0.2) is 29.3 Å². The standard InChI is InChI=1S/C19H30N4O/c1-16-6-8-22(9-7-16)15-18-5-3-2-4-17(18)14-21-19(20)23-10-12-24-13-11-23/h2-5,16H,6-15H2,1H3,(H2,20,21). The number of aliphatic imine (C=N–C) groups is 1. The van der Waals surface area contributed by atoms with E-state index in [9.17, 15) is 0 Å². The summed E-state index contributed by atoms with van der Waals surface area (Å²) in [5.41, 5.74) is 8.82. The largest absolute Gasteiger partial charge is 0.378 e. The highest BCUT2D eigenvalue weighted by Crippen LogP contribution is 2.20. The van der Waals surface area contributed by atoms with E-state index in [1.807, 2.05) is 0 Å². The van der Waals surface area contributed by atoms with Gasteiger partial charge in [0.15, 0.2) is 5.96 Å². The van der Waals surface area contributed by atoms with E-state index in [0.717, 1.165) is 38.8 Å². The Bertz CT molecular complexity index is 546. The van der Waals surface area contributed by atoms with E-state index in [2.05, 4.69) is 46.0 Å². The van der Waals surface area contributed by atoms with Crippen LogP contribution in [-0.4, -0.2) is 55.2 Å². The molecule has 0 amide bonds. The first-order valence-electron chi connectivity index (χ1n) is 9.14. The van der Waals surface area contributed by atoms with E-state index in [1.54, 1.807) is 0 Å². The van der Waals surface area contributed by atoms with Gasteiger partial charge in [-0.3, -0.25) is 4.90 Å². The van der Waals surface area contributed by atoms with Crippen LogP contribution in [0, 0.1) is 5.92 Å². The quantitative estimate of drug-likeness (QED) is 0.678. The molecule has 0 aliphatic carbocycles. The van der Waals surface area contributed by atoms with Crippen LogP contribution in [0.2, 0.25) is 0 Å². The molecule has 1 aromatic carbocycles. The molecule has 2 aliphatic heterocycles. The summed E-state index contributed by atoms with van der Waals surface area (Å²) in [4.78, 5) is 9.30. The molecule has 0 spiro atoms. The van der Waals surface area contributed by atoms with Crippen LogP contribution in [0.4, 0.5) is 0 Å². The van der Waals surface area contributed by atoms with Crippen molar-refractivity contribution in [1.29, 1.82) is 0 Å². The number of ether oxygens (including phenoxy) is 1. The molecule has 1 aromatic rings. The van der Waals surface area contributed by atoms with Crippen LogP contribution >= 0.6 is 0 Å². The predicted molar refractivity (Wildman–Crippen MR) is 97.8 cm³/mol. The summed E-state index contributed by atoms with van der Waals surface area (Å²) in [5, 5.41) is 0. The lowest BCUT2D eigenvalue weighted by molar-refractivity contribution is 0.0674. The molecule has 0 unspecified atom stereocenters. The maximum atomic E-state index is 6.16. The fourth-order valence-electron chi connectivity index (χ4n) is 3.39. The minimum absolute atomic E-state index is 0.639. The average molecular weight is 330 g/mol. The Balaban J connectivity index is 1.61. The van der Waals surface area contributed by atoms with E-state index in [0.29, 0.717) is 12.5 Å². The number of nitrogens with two attached hydrogens (primary N) is 1. The van der Waals surface area contributed by atoms with Gasteiger partial charge in [-0.1, -0.05) is 31.2 Å². The van der Waals surface area contributed by atoms with Crippen molar-refractivity contribution in [2.24, 2.45) is 16.6 Å². The van der Waals surface area contributed by atoms with Crippen molar-refractivity contribution >= 4 is 5.96 Å². The monoisotopic (exact) mass is 330 g/mol. The average Bonchev–Trinajstić information content (AvgIpc) is 2.63. The van der Waals surface area contributed by atoms with Gasteiger partial charge in [0.1, 0.15) is 0 Å². The molecule has 2 heterocycles. The molecule has 0 bridgehead atoms. The molecule has 5 nitrogen and oxygen atoms in total. The van der Waals surface area contributed by atoms with Gasteiger partial charge >= 0.3 is 0 Å². The predicted octanol–water partition coefficient (Wildman–Crippen LogP) is 2.07. The van der Waals surface area contributed by atoms with Gasteiger partial charge in [-0.2, -0.15) is 0 Å². The topological polar surface area (TPSA) is 54.1 Å². The number of rotatable bonds is 4. The lowest BCUT2D eigenvalue weighted by Gasteiger charge is -2.30. The van der Waals surface area contributed by atoms with Crippen molar-refractivity contribution in [3.05, 3.63) is 35.4 Å². The minimum atomic E-state index is 0.639. The molecule has 0 atom stereocenters. The summed E-state index contributed by atoms with van der Waals surface area (Å²) < 4.78 is 5.37. The van der Waals surface area contributed by atoms with Gasteiger partial charge in [-0.05, 0) is 43.0 Å². The molecule has 24 heavy (non-hydrogen) atoms. The maximum absolute atomic E-state index is 6.16. The number of morpholine rings is 1. The first-order chi connectivity index (χ1) is 11.7. The van der Waals surface area contributed by atoms with Crippen LogP contribution in [0.25, 0.3) is 0 Å². The molecule has 0 radical (unpaired) electrons. The van der Waals surface area contributed by atoms with Crippen LogP contribution in [0.5, 0.6) is 0 Å². The van der Waals surface area contributed by atoms with E-state index >= 15 is 0 Å². The third kappa shape index (κ3) is 4.71. The van der Waals surface area contributed by atoms with E-state index in [4.69, 9.17) is 10.5 Å². The van der Waals surface area contributed by atoms with Gasteiger partial charge < -0.3 is 15.4 Å². The number of benzene rings is 1. The van der Waals surface area contributed by atoms with Crippen LogP contribution in [-0.2, 0) is 17.8 Å². The molecule has 5 heteroatoms. The molecule has 2 saturated heterocycles. The molecule has 0 aromatic heterocycles. The highest BCUT2D eigenvalue weighted by atomic mass is 16.5. The lowest BCUT2D eigenvalue weighted by Crippen LogP contribution is -2.44. The Morgan fingerprint density at radius 1 is 1.12 bits per heavy atom. The molecule has 132 valence electrons. The second kappa shape index (κ2) is 8.49. The third-order valence-corrected chi connectivity index (χ3v) is 5.14. The zero-order valence-electron chi connectivity index (χ0n) is 14.8. The molecule has 2 fully saturated rings. The van der Waals surface area contributed by atoms with E-state index in [-0.39, 0.29) is 0 Å². The molecule has 2 N–H and O–H groups in total. The summed E-state index contributed by atoms with van der Waals surface area (Å²) in [6.45, 7) is 9.59. The molecule has 0 saturated carbocycles. The van der Waals surface area contributed by atoms with Crippen molar-refractivity contribution in [2.75, 3.05) is 39.4 Å². The van der Waals surface area contributed by atoms with Crippen molar-refractivity contribution in [3.8, 4) is 0 Å². The van der Waals surface area contributed by atoms with Gasteiger partial charge in [0.25, 0.3) is 0 Å². The lowest BCUT2D eigenvalue weighted by atomic mass is 9.98. The Hall–Kier alpha value is -1.59. The van der Waals surface area contributed by atoms with Crippen LogP contribution < -0.4 is 5.73 Å². The first-order valence-corrected chi connectivity index (χ1v) is 9.14. The maximum Gasteiger partial charge on any atom is 0.191 e. The van der Waals surface area contributed by atoms with Crippen LogP contribution in [0.1, 0.15) is 30.9 Å². The minimum Gasteiger partial charge on any atom is -0.378 e. The van der Waals surface area contributed by atoms with Gasteiger partial charge in [0.2, 0.25) is 0 Å². The highest BCUT2D eigenvalue weighted by Gasteiger charge is 2.17. The summed E-state index contributed by atoms with van der Waals surface area (Å²) in [6, 6.07) is 8.63. The highest BCUT2D eigenvalue weighted by molar-refractivity contribution is 5.78. The Morgan fingerprint density at radius 3 is 2.50 bits per heavy atom. The second-order valence-corrected chi connectivity index (χ2v) is 7.00. The van der Waals surface area contributed by atoms with Crippen molar-refractivity contribution in [1.82, 2.24) is 9.80 Å². The first kappa shape index (κ1) is 17.2. The summed E-state index contributed by atoms with van der Waals surface area (Å²) in [7, 11) is 0. The van der Waals surface area contributed by atoms with Gasteiger partial charge in [-0.15, -0.1) is 0 Å². The van der Waals surface area contributed by atoms with Crippen molar-refractivity contribution in [2.45, 2.75) is 32.9 Å². The number of hydrogen-bond acceptors (Lipinski definition) is 3. The fraction of sp³-hybridized carbons (Fsp3) is 0.632. The normalized spacial score (nSPS) is 21.2. The Labute approximate surface area is 145 Å². The zero-order valence-corrected chi connectivity index (χ0v) is 14.8. The molecule has 3 rings (SSSR count). The number of nitrogens with zero attached hydrogens (tertiary/aromatic N) is 3. The van der Waals surface area contributed by atoms with Crippen molar-refractivity contribution < 1.29 is 4.74 Å². The van der Waals surface area contributed by atoms with E-state index < -0.39 is 0 Å². The smallest absolute Gasteiger partial charge is 0.191 e. The van der Waals surface area contributed by atoms with Crippen molar-refractivity contribution in [3.63, 3.8) is 0 Å². The van der Waals surface area contributed by atoms with E-state index in [1.165, 1.54) is 37.1 Å². The fourth-order valence-corrected chi connectivity index (χ4v) is 3.39. The number of likely N-dealkylation sites (tertiary alicyclic amines) is 1. The van der Waals surface area contributed by atoms with Gasteiger partial charge in [-0.25, -0.2) is 4.99 Å². The zero-order chi connectivity index (χ0) is 16.8. The second-order valence-electron chi connectivity index (χ2n) is 7.00. The molecule has 2 aliphatic rings. The van der Waals surface area contributed by atoms with Gasteiger partial charge in [0.05, 0.1) is 19.8 Å². The molecular formula is C19H30N4O. The number of guanidine groups is 1. The Morgan fingerprint density at radius 2 is 1.79 bits per heavy atom. The van der Waals surface area contributed by atoms with Gasteiger partial charge in [0, 0.05) is 19.6 Å². The molecular weight excluding hydrogens is 300 g/mol. The number of hydrogen-bond donors (Lipinski definition) is 1. The summed E-state index contributed by atoms with van der Waals surface area (Å²) in [5.74, 6) is 1.51.